The van der Waals surface area contributed by atoms with Crippen LogP contribution in [0.15, 0.2) is 72.8 Å². The molecule has 0 fully saturated rings. The van der Waals surface area contributed by atoms with Crippen LogP contribution in [0.1, 0.15) is 15.9 Å². The van der Waals surface area contributed by atoms with E-state index < -0.39 is 0 Å². The first kappa shape index (κ1) is 16.1. The van der Waals surface area contributed by atoms with Crippen LogP contribution in [0.5, 0.6) is 11.5 Å². The topological polar surface area (TPSA) is 38.3 Å². The third-order valence-electron chi connectivity index (χ3n) is 3.57. The molecule has 0 bridgehead atoms. The van der Waals surface area contributed by atoms with Crippen LogP contribution in [-0.2, 0) is 0 Å². The van der Waals surface area contributed by atoms with Crippen molar-refractivity contribution in [3.05, 3.63) is 88.9 Å². The number of nitrogens with one attached hydrogen (secondary N) is 1. The van der Waals surface area contributed by atoms with Gasteiger partial charge in [-0.15, -0.1) is 0 Å². The molecule has 3 nitrogen and oxygen atoms in total. The van der Waals surface area contributed by atoms with Crippen molar-refractivity contribution in [3.8, 4) is 11.5 Å². The number of rotatable bonds is 4. The summed E-state index contributed by atoms with van der Waals surface area (Å²) >= 11 is 6.07. The van der Waals surface area contributed by atoms with Gasteiger partial charge in [-0.1, -0.05) is 41.9 Å². The molecule has 0 radical (unpaired) electrons. The van der Waals surface area contributed by atoms with Crippen molar-refractivity contribution in [2.45, 2.75) is 6.92 Å². The minimum atomic E-state index is -0.132. The second kappa shape index (κ2) is 7.20. The highest BCUT2D eigenvalue weighted by Gasteiger charge is 2.08. The SMILES string of the molecule is Cc1ccccc1C(=O)Nc1ccc(Oc2ccccc2Cl)cc1. The molecule has 120 valence electrons. The Hall–Kier alpha value is -2.78. The van der Waals surface area contributed by atoms with Crippen molar-refractivity contribution in [3.63, 3.8) is 0 Å². The van der Waals surface area contributed by atoms with Crippen molar-refractivity contribution >= 4 is 23.2 Å². The fraction of sp³-hybridized carbons (Fsp3) is 0.0500. The van der Waals surface area contributed by atoms with Crippen LogP contribution in [-0.4, -0.2) is 5.91 Å². The van der Waals surface area contributed by atoms with E-state index in [0.717, 1.165) is 5.56 Å². The number of carbonyl (C=O) groups is 1. The van der Waals surface area contributed by atoms with E-state index in [1.807, 2.05) is 37.3 Å². The molecule has 0 aliphatic heterocycles. The lowest BCUT2D eigenvalue weighted by molar-refractivity contribution is 0.102. The highest BCUT2D eigenvalue weighted by atomic mass is 35.5. The largest absolute Gasteiger partial charge is 0.456 e. The van der Waals surface area contributed by atoms with Gasteiger partial charge < -0.3 is 10.1 Å². The van der Waals surface area contributed by atoms with Crippen molar-refractivity contribution in [1.82, 2.24) is 0 Å². The summed E-state index contributed by atoms with van der Waals surface area (Å²) in [6, 6.07) is 21.9. The monoisotopic (exact) mass is 337 g/mol. The summed E-state index contributed by atoms with van der Waals surface area (Å²) in [4.78, 5) is 12.3. The molecule has 0 aromatic heterocycles. The first-order chi connectivity index (χ1) is 11.6. The molecule has 0 atom stereocenters. The van der Waals surface area contributed by atoms with E-state index in [-0.39, 0.29) is 5.91 Å². The number of hydrogen-bond donors (Lipinski definition) is 1. The van der Waals surface area contributed by atoms with E-state index in [2.05, 4.69) is 5.32 Å². The van der Waals surface area contributed by atoms with Crippen LogP contribution in [0.3, 0.4) is 0 Å². The number of halogens is 1. The van der Waals surface area contributed by atoms with Crippen LogP contribution in [0.4, 0.5) is 5.69 Å². The fourth-order valence-corrected chi connectivity index (χ4v) is 2.46. The maximum atomic E-state index is 12.3. The van der Waals surface area contributed by atoms with Gasteiger partial charge in [-0.3, -0.25) is 4.79 Å². The molecule has 0 aliphatic carbocycles. The Bertz CT molecular complexity index is 860. The molecule has 0 spiro atoms. The molecule has 0 unspecified atom stereocenters. The first-order valence-electron chi connectivity index (χ1n) is 7.53. The average molecular weight is 338 g/mol. The number of para-hydroxylation sites is 1. The fourth-order valence-electron chi connectivity index (χ4n) is 2.29. The standard InChI is InChI=1S/C20H16ClNO2/c1-14-6-2-3-7-17(14)20(23)22-15-10-12-16(13-11-15)24-19-9-5-4-8-18(19)21/h2-13H,1H3,(H,22,23). The van der Waals surface area contributed by atoms with Crippen LogP contribution < -0.4 is 10.1 Å². The minimum Gasteiger partial charge on any atom is -0.456 e. The van der Waals surface area contributed by atoms with Gasteiger partial charge in [0.1, 0.15) is 11.5 Å². The molecule has 1 amide bonds. The van der Waals surface area contributed by atoms with Gasteiger partial charge in [0.25, 0.3) is 5.91 Å². The second-order valence-corrected chi connectivity index (χ2v) is 5.73. The Morgan fingerprint density at radius 1 is 0.917 bits per heavy atom. The van der Waals surface area contributed by atoms with Gasteiger partial charge in [0, 0.05) is 11.3 Å². The Morgan fingerprint density at radius 3 is 2.29 bits per heavy atom. The number of carbonyl (C=O) groups excluding carboxylic acids is 1. The van der Waals surface area contributed by atoms with Gasteiger partial charge in [0.2, 0.25) is 0 Å². The van der Waals surface area contributed by atoms with Crippen LogP contribution in [0, 0.1) is 6.92 Å². The van der Waals surface area contributed by atoms with Gasteiger partial charge >= 0.3 is 0 Å². The lowest BCUT2D eigenvalue weighted by Crippen LogP contribution is -2.13. The van der Waals surface area contributed by atoms with Crippen molar-refractivity contribution < 1.29 is 9.53 Å². The Morgan fingerprint density at radius 2 is 1.58 bits per heavy atom. The number of amides is 1. The lowest BCUT2D eigenvalue weighted by atomic mass is 10.1. The summed E-state index contributed by atoms with van der Waals surface area (Å²) < 4.78 is 5.73. The number of ether oxygens (including phenoxy) is 1. The predicted octanol–water partition coefficient (Wildman–Crippen LogP) is 5.69. The van der Waals surface area contributed by atoms with E-state index >= 15 is 0 Å². The van der Waals surface area contributed by atoms with E-state index in [9.17, 15) is 4.79 Å². The normalized spacial score (nSPS) is 10.2. The van der Waals surface area contributed by atoms with E-state index in [1.54, 1.807) is 42.5 Å². The zero-order chi connectivity index (χ0) is 16.9. The Balaban J connectivity index is 1.70. The van der Waals surface area contributed by atoms with Crippen molar-refractivity contribution in [2.75, 3.05) is 5.32 Å². The molecule has 0 saturated heterocycles. The summed E-state index contributed by atoms with van der Waals surface area (Å²) in [6.07, 6.45) is 0. The predicted molar refractivity (Wildman–Crippen MR) is 97.1 cm³/mol. The quantitative estimate of drug-likeness (QED) is 0.663. The zero-order valence-corrected chi connectivity index (χ0v) is 13.9. The Labute approximate surface area is 145 Å². The summed E-state index contributed by atoms with van der Waals surface area (Å²) in [6.45, 7) is 1.91. The molecule has 1 N–H and O–H groups in total. The number of benzene rings is 3. The summed E-state index contributed by atoms with van der Waals surface area (Å²) in [7, 11) is 0. The highest BCUT2D eigenvalue weighted by Crippen LogP contribution is 2.29. The molecule has 0 aliphatic rings. The van der Waals surface area contributed by atoms with Crippen molar-refractivity contribution in [2.24, 2.45) is 0 Å². The van der Waals surface area contributed by atoms with Gasteiger partial charge in [-0.05, 0) is 55.0 Å². The second-order valence-electron chi connectivity index (χ2n) is 5.33. The molecular weight excluding hydrogens is 322 g/mol. The van der Waals surface area contributed by atoms with E-state index in [0.29, 0.717) is 27.8 Å². The van der Waals surface area contributed by atoms with Gasteiger partial charge in [-0.2, -0.15) is 0 Å². The van der Waals surface area contributed by atoms with E-state index in [1.165, 1.54) is 0 Å². The number of hydrogen-bond acceptors (Lipinski definition) is 2. The van der Waals surface area contributed by atoms with Gasteiger partial charge in [-0.25, -0.2) is 0 Å². The molecular formula is C20H16ClNO2. The molecule has 0 saturated carbocycles. The van der Waals surface area contributed by atoms with Crippen molar-refractivity contribution in [1.29, 1.82) is 0 Å². The van der Waals surface area contributed by atoms with Gasteiger partial charge in [0.05, 0.1) is 5.02 Å². The Kier molecular flexibility index (Phi) is 4.82. The third kappa shape index (κ3) is 3.76. The zero-order valence-electron chi connectivity index (χ0n) is 13.1. The number of anilines is 1. The first-order valence-corrected chi connectivity index (χ1v) is 7.91. The lowest BCUT2D eigenvalue weighted by Gasteiger charge is -2.10. The maximum absolute atomic E-state index is 12.3. The average Bonchev–Trinajstić information content (AvgIpc) is 2.59. The molecule has 3 aromatic carbocycles. The minimum absolute atomic E-state index is 0.132. The van der Waals surface area contributed by atoms with Crippen LogP contribution in [0.2, 0.25) is 5.02 Å². The summed E-state index contributed by atoms with van der Waals surface area (Å²) in [5, 5.41) is 3.43. The van der Waals surface area contributed by atoms with Crippen LogP contribution in [0.25, 0.3) is 0 Å². The van der Waals surface area contributed by atoms with E-state index in [4.69, 9.17) is 16.3 Å². The van der Waals surface area contributed by atoms with Gasteiger partial charge in [0.15, 0.2) is 0 Å². The maximum Gasteiger partial charge on any atom is 0.255 e. The highest BCUT2D eigenvalue weighted by molar-refractivity contribution is 6.32. The number of aryl methyl sites for hydroxylation is 1. The summed E-state index contributed by atoms with van der Waals surface area (Å²) in [5.41, 5.74) is 2.30. The summed E-state index contributed by atoms with van der Waals surface area (Å²) in [5.74, 6) is 1.11. The molecule has 0 heterocycles. The van der Waals surface area contributed by atoms with Crippen LogP contribution >= 0.6 is 11.6 Å². The molecule has 4 heteroatoms. The third-order valence-corrected chi connectivity index (χ3v) is 3.88. The smallest absolute Gasteiger partial charge is 0.255 e. The molecule has 3 rings (SSSR count). The molecule has 24 heavy (non-hydrogen) atoms. The molecule has 3 aromatic rings.